The molecule has 0 spiro atoms. The van der Waals surface area contributed by atoms with Gasteiger partial charge in [0.1, 0.15) is 0 Å². The number of carbonyl (C=O) groups is 1. The van der Waals surface area contributed by atoms with Crippen LogP contribution in [-0.4, -0.2) is 51.0 Å². The van der Waals surface area contributed by atoms with Crippen LogP contribution < -0.4 is 24.8 Å². The third-order valence-electron chi connectivity index (χ3n) is 3.36. The molecule has 8 heteroatoms. The van der Waals surface area contributed by atoms with Crippen molar-refractivity contribution < 1.29 is 24.1 Å². The molecule has 2 unspecified atom stereocenters. The molecular weight excluding hydrogens is 312 g/mol. The second-order valence-corrected chi connectivity index (χ2v) is 4.75. The van der Waals surface area contributed by atoms with Crippen LogP contribution in [0.1, 0.15) is 6.42 Å². The summed E-state index contributed by atoms with van der Waals surface area (Å²) in [4.78, 5) is 12.1. The molecule has 3 N–H and O–H groups in total. The molecule has 0 bridgehead atoms. The second kappa shape index (κ2) is 8.07. The van der Waals surface area contributed by atoms with E-state index in [0.29, 0.717) is 35.9 Å². The van der Waals surface area contributed by atoms with Crippen molar-refractivity contribution in [2.75, 3.05) is 33.2 Å². The summed E-state index contributed by atoms with van der Waals surface area (Å²) >= 11 is 0. The van der Waals surface area contributed by atoms with Crippen molar-refractivity contribution in [1.29, 1.82) is 0 Å². The molecule has 1 aliphatic rings. The Morgan fingerprint density at radius 2 is 1.82 bits per heavy atom. The van der Waals surface area contributed by atoms with Crippen molar-refractivity contribution >= 4 is 24.0 Å². The molecular formula is C14H21ClN2O5. The number of rotatable bonds is 5. The van der Waals surface area contributed by atoms with Crippen LogP contribution in [-0.2, 0) is 4.79 Å². The number of anilines is 1. The lowest BCUT2D eigenvalue weighted by Crippen LogP contribution is -2.35. The number of aliphatic hydroxyl groups is 1. The Balaban J connectivity index is 0.00000242. The van der Waals surface area contributed by atoms with Crippen molar-refractivity contribution in [1.82, 2.24) is 5.32 Å². The fraction of sp³-hybridized carbons (Fsp3) is 0.500. The molecule has 1 aliphatic heterocycles. The minimum atomic E-state index is -0.485. The van der Waals surface area contributed by atoms with Crippen LogP contribution in [0.3, 0.4) is 0 Å². The van der Waals surface area contributed by atoms with Crippen LogP contribution in [0.2, 0.25) is 0 Å². The van der Waals surface area contributed by atoms with Gasteiger partial charge < -0.3 is 30.0 Å². The van der Waals surface area contributed by atoms with Crippen molar-refractivity contribution in [2.24, 2.45) is 0 Å². The van der Waals surface area contributed by atoms with Crippen LogP contribution >= 0.6 is 12.4 Å². The lowest BCUT2D eigenvalue weighted by molar-refractivity contribution is -0.117. The highest BCUT2D eigenvalue weighted by molar-refractivity contribution is 5.95. The van der Waals surface area contributed by atoms with Crippen molar-refractivity contribution in [3.63, 3.8) is 0 Å². The van der Waals surface area contributed by atoms with E-state index < -0.39 is 12.1 Å². The first-order valence-corrected chi connectivity index (χ1v) is 6.61. The van der Waals surface area contributed by atoms with Crippen LogP contribution in [0.15, 0.2) is 12.1 Å². The molecule has 22 heavy (non-hydrogen) atoms. The maximum Gasteiger partial charge on any atom is 0.241 e. The normalized spacial score (nSPS) is 20.0. The van der Waals surface area contributed by atoms with Gasteiger partial charge in [-0.1, -0.05) is 0 Å². The molecule has 2 atom stereocenters. The van der Waals surface area contributed by atoms with Crippen molar-refractivity contribution in [3.8, 4) is 17.2 Å². The number of benzene rings is 1. The summed E-state index contributed by atoms with van der Waals surface area (Å²) in [7, 11) is 4.54. The summed E-state index contributed by atoms with van der Waals surface area (Å²) in [6.07, 6.45) is -0.0864. The van der Waals surface area contributed by atoms with Crippen LogP contribution in [0.5, 0.6) is 17.2 Å². The van der Waals surface area contributed by atoms with E-state index in [2.05, 4.69) is 10.6 Å². The molecule has 0 aliphatic carbocycles. The van der Waals surface area contributed by atoms with Crippen molar-refractivity contribution in [3.05, 3.63) is 12.1 Å². The average molecular weight is 333 g/mol. The van der Waals surface area contributed by atoms with Gasteiger partial charge in [-0.3, -0.25) is 4.79 Å². The average Bonchev–Trinajstić information content (AvgIpc) is 2.92. The summed E-state index contributed by atoms with van der Waals surface area (Å²) in [6, 6.07) is 2.91. The fourth-order valence-corrected chi connectivity index (χ4v) is 2.30. The van der Waals surface area contributed by atoms with Gasteiger partial charge in [-0.2, -0.15) is 0 Å². The minimum Gasteiger partial charge on any atom is -0.493 e. The summed E-state index contributed by atoms with van der Waals surface area (Å²) in [5, 5.41) is 15.2. The molecule has 0 aromatic heterocycles. The van der Waals surface area contributed by atoms with Crippen LogP contribution in [0.25, 0.3) is 0 Å². The molecule has 7 nitrogen and oxygen atoms in total. The van der Waals surface area contributed by atoms with Gasteiger partial charge in [0.2, 0.25) is 11.7 Å². The predicted molar refractivity (Wildman–Crippen MR) is 84.4 cm³/mol. The zero-order chi connectivity index (χ0) is 15.4. The third-order valence-corrected chi connectivity index (χ3v) is 3.36. The Hall–Kier alpha value is -1.70. The second-order valence-electron chi connectivity index (χ2n) is 4.75. The number of hydrogen-bond acceptors (Lipinski definition) is 6. The maximum atomic E-state index is 12.1. The lowest BCUT2D eigenvalue weighted by atomic mass is 10.2. The van der Waals surface area contributed by atoms with E-state index in [-0.39, 0.29) is 18.3 Å². The molecule has 0 radical (unpaired) electrons. The summed E-state index contributed by atoms with van der Waals surface area (Å²) in [6.45, 7) is 0.424. The molecule has 124 valence electrons. The van der Waals surface area contributed by atoms with Gasteiger partial charge in [0, 0.05) is 24.4 Å². The number of nitrogens with one attached hydrogen (secondary N) is 2. The number of ether oxygens (including phenoxy) is 3. The summed E-state index contributed by atoms with van der Waals surface area (Å²) in [5.74, 6) is 1.19. The van der Waals surface area contributed by atoms with E-state index in [1.54, 1.807) is 12.1 Å². The number of halogens is 1. The van der Waals surface area contributed by atoms with Crippen LogP contribution in [0.4, 0.5) is 5.69 Å². The quantitative estimate of drug-likeness (QED) is 0.739. The van der Waals surface area contributed by atoms with E-state index in [4.69, 9.17) is 14.2 Å². The van der Waals surface area contributed by atoms with Gasteiger partial charge in [0.15, 0.2) is 11.5 Å². The molecule has 1 saturated heterocycles. The topological polar surface area (TPSA) is 89.1 Å². The molecule has 1 aromatic rings. The Bertz CT molecular complexity index is 501. The highest BCUT2D eigenvalue weighted by Crippen LogP contribution is 2.39. The van der Waals surface area contributed by atoms with Gasteiger partial charge in [0.05, 0.1) is 33.5 Å². The monoisotopic (exact) mass is 332 g/mol. The third kappa shape index (κ3) is 3.94. The standard InChI is InChI=1S/C14H20N2O5.ClH/c1-19-11-4-8(5-12(20-2)13(11)21-3)16-14(18)10-6-9(17)7-15-10;/h4-5,9-10,15,17H,6-7H2,1-3H3,(H,16,18);1H. The molecule has 0 saturated carbocycles. The predicted octanol–water partition coefficient (Wildman–Crippen LogP) is 0.796. The van der Waals surface area contributed by atoms with Crippen molar-refractivity contribution in [2.45, 2.75) is 18.6 Å². The Morgan fingerprint density at radius 3 is 2.23 bits per heavy atom. The first-order chi connectivity index (χ1) is 10.1. The van der Waals surface area contributed by atoms with E-state index in [1.807, 2.05) is 0 Å². The van der Waals surface area contributed by atoms with Gasteiger partial charge in [-0.25, -0.2) is 0 Å². The smallest absolute Gasteiger partial charge is 0.241 e. The van der Waals surface area contributed by atoms with E-state index in [0.717, 1.165) is 0 Å². The number of amides is 1. The largest absolute Gasteiger partial charge is 0.493 e. The zero-order valence-corrected chi connectivity index (χ0v) is 13.5. The Labute approximate surface area is 135 Å². The van der Waals surface area contributed by atoms with E-state index >= 15 is 0 Å². The molecule has 1 fully saturated rings. The first kappa shape index (κ1) is 18.3. The summed E-state index contributed by atoms with van der Waals surface area (Å²) < 4.78 is 15.7. The molecule has 1 aromatic carbocycles. The first-order valence-electron chi connectivity index (χ1n) is 6.61. The van der Waals surface area contributed by atoms with Gasteiger partial charge in [0.25, 0.3) is 0 Å². The van der Waals surface area contributed by atoms with Gasteiger partial charge >= 0.3 is 0 Å². The molecule has 1 heterocycles. The SMILES string of the molecule is COc1cc(NC(=O)C2CC(O)CN2)cc(OC)c1OC.Cl. The Morgan fingerprint density at radius 1 is 1.23 bits per heavy atom. The van der Waals surface area contributed by atoms with Gasteiger partial charge in [-0.05, 0) is 6.42 Å². The number of β-amino-alcohol motifs (C(OH)–C–C–N with tert-alkyl or cyclic N) is 1. The maximum absolute atomic E-state index is 12.1. The Kier molecular flexibility index (Phi) is 6.73. The zero-order valence-electron chi connectivity index (χ0n) is 12.7. The minimum absolute atomic E-state index is 0. The highest BCUT2D eigenvalue weighted by atomic mass is 35.5. The van der Waals surface area contributed by atoms with Gasteiger partial charge in [-0.15, -0.1) is 12.4 Å². The fourth-order valence-electron chi connectivity index (χ4n) is 2.30. The molecule has 2 rings (SSSR count). The molecule has 1 amide bonds. The van der Waals surface area contributed by atoms with E-state index in [1.165, 1.54) is 21.3 Å². The number of hydrogen-bond donors (Lipinski definition) is 3. The summed E-state index contributed by atoms with van der Waals surface area (Å²) in [5.41, 5.74) is 0.540. The number of carbonyl (C=O) groups excluding carboxylic acids is 1. The number of aliphatic hydroxyl groups excluding tert-OH is 1. The number of methoxy groups -OCH3 is 3. The lowest BCUT2D eigenvalue weighted by Gasteiger charge is -2.16. The highest BCUT2D eigenvalue weighted by Gasteiger charge is 2.28. The van der Waals surface area contributed by atoms with E-state index in [9.17, 15) is 9.90 Å². The van der Waals surface area contributed by atoms with Crippen LogP contribution in [0, 0.1) is 0 Å².